The normalized spacial score (nSPS) is 17.8. The van der Waals surface area contributed by atoms with E-state index in [2.05, 4.69) is 0 Å². The van der Waals surface area contributed by atoms with Crippen molar-refractivity contribution < 1.29 is 24.0 Å². The summed E-state index contributed by atoms with van der Waals surface area (Å²) in [5, 5.41) is 22.0. The number of likely N-dealkylation sites (tertiary alicyclic amines) is 1. The predicted octanol–water partition coefficient (Wildman–Crippen LogP) is 4.12. The van der Waals surface area contributed by atoms with Gasteiger partial charge in [0.05, 0.1) is 29.3 Å². The molecule has 0 bridgehead atoms. The Hall–Kier alpha value is -4.20. The van der Waals surface area contributed by atoms with Crippen LogP contribution in [0.3, 0.4) is 0 Å². The molecule has 4 rings (SSSR count). The van der Waals surface area contributed by atoms with Gasteiger partial charge in [-0.3, -0.25) is 19.7 Å². The van der Waals surface area contributed by atoms with Crippen LogP contribution in [0.25, 0.3) is 5.76 Å². The number of nitrogens with zero attached hydrogens (tertiary/aromatic N) is 2. The second kappa shape index (κ2) is 7.91. The molecule has 3 aromatic rings. The van der Waals surface area contributed by atoms with Gasteiger partial charge in [-0.05, 0) is 36.8 Å². The molecule has 0 saturated carbocycles. The summed E-state index contributed by atoms with van der Waals surface area (Å²) in [4.78, 5) is 37.6. The fourth-order valence-electron chi connectivity index (χ4n) is 3.61. The van der Waals surface area contributed by atoms with Gasteiger partial charge >= 0.3 is 0 Å². The van der Waals surface area contributed by atoms with Crippen LogP contribution in [-0.4, -0.2) is 26.6 Å². The second-order valence-electron chi connectivity index (χ2n) is 7.22. The first-order valence-corrected chi connectivity index (χ1v) is 9.49. The van der Waals surface area contributed by atoms with E-state index in [-0.39, 0.29) is 23.6 Å². The van der Waals surface area contributed by atoms with Gasteiger partial charge in [0, 0.05) is 17.7 Å². The van der Waals surface area contributed by atoms with Crippen LogP contribution in [0.15, 0.2) is 76.9 Å². The minimum absolute atomic E-state index is 0.00387. The Balaban J connectivity index is 1.85. The number of aryl methyl sites for hydroxylation is 1. The van der Waals surface area contributed by atoms with Crippen molar-refractivity contribution in [3.05, 3.63) is 105 Å². The highest BCUT2D eigenvalue weighted by molar-refractivity contribution is 6.46. The molecule has 31 heavy (non-hydrogen) atoms. The van der Waals surface area contributed by atoms with E-state index in [1.165, 1.54) is 35.4 Å². The second-order valence-corrected chi connectivity index (χ2v) is 7.22. The number of carbonyl (C=O) groups excluding carboxylic acids is 2. The number of furan rings is 1. The van der Waals surface area contributed by atoms with Crippen LogP contribution in [0.5, 0.6) is 0 Å². The quantitative estimate of drug-likeness (QED) is 0.219. The van der Waals surface area contributed by atoms with E-state index >= 15 is 0 Å². The predicted molar refractivity (Wildman–Crippen MR) is 111 cm³/mol. The first-order chi connectivity index (χ1) is 14.9. The van der Waals surface area contributed by atoms with Crippen LogP contribution in [0, 0.1) is 17.0 Å². The lowest BCUT2D eigenvalue weighted by atomic mass is 9.95. The Bertz CT molecular complexity index is 1180. The average molecular weight is 418 g/mol. The van der Waals surface area contributed by atoms with Crippen molar-refractivity contribution in [1.29, 1.82) is 0 Å². The SMILES string of the molecule is Cc1ccc(C(O)=C2C(=O)C(=O)N(Cc3ccco3)C2c2ccc([N+](=O)[O-])cc2)cc1. The molecule has 1 aliphatic heterocycles. The first-order valence-electron chi connectivity index (χ1n) is 9.49. The number of rotatable bonds is 5. The van der Waals surface area contributed by atoms with Gasteiger partial charge in [0.1, 0.15) is 11.5 Å². The molecule has 1 aliphatic rings. The van der Waals surface area contributed by atoms with Crippen LogP contribution < -0.4 is 0 Å². The highest BCUT2D eigenvalue weighted by atomic mass is 16.6. The summed E-state index contributed by atoms with van der Waals surface area (Å²) in [5.41, 5.74) is 1.64. The van der Waals surface area contributed by atoms with Crippen LogP contribution in [0.4, 0.5) is 5.69 Å². The van der Waals surface area contributed by atoms with E-state index in [0.717, 1.165) is 5.56 Å². The minimum atomic E-state index is -0.924. The van der Waals surface area contributed by atoms with Crippen molar-refractivity contribution in [1.82, 2.24) is 4.90 Å². The van der Waals surface area contributed by atoms with Crippen molar-refractivity contribution in [2.75, 3.05) is 0 Å². The summed E-state index contributed by atoms with van der Waals surface area (Å²) < 4.78 is 5.33. The molecular formula is C23H18N2O6. The molecule has 1 N–H and O–H groups in total. The molecule has 1 unspecified atom stereocenters. The largest absolute Gasteiger partial charge is 0.507 e. The van der Waals surface area contributed by atoms with Gasteiger partial charge in [0.25, 0.3) is 17.4 Å². The number of ketones is 1. The van der Waals surface area contributed by atoms with Gasteiger partial charge in [0.2, 0.25) is 0 Å². The van der Waals surface area contributed by atoms with Gasteiger partial charge in [-0.1, -0.05) is 29.8 Å². The van der Waals surface area contributed by atoms with E-state index < -0.39 is 22.7 Å². The van der Waals surface area contributed by atoms with Crippen molar-refractivity contribution in [2.24, 2.45) is 0 Å². The number of hydrogen-bond donors (Lipinski definition) is 1. The molecular weight excluding hydrogens is 400 g/mol. The third-order valence-electron chi connectivity index (χ3n) is 5.19. The van der Waals surface area contributed by atoms with Crippen LogP contribution in [0.1, 0.15) is 28.5 Å². The number of aliphatic hydroxyl groups excluding tert-OH is 1. The Morgan fingerprint density at radius 3 is 2.35 bits per heavy atom. The number of nitro groups is 1. The topological polar surface area (TPSA) is 114 Å². The lowest BCUT2D eigenvalue weighted by molar-refractivity contribution is -0.384. The summed E-state index contributed by atoms with van der Waals surface area (Å²) in [6, 6.07) is 14.9. The molecule has 1 saturated heterocycles. The highest BCUT2D eigenvalue weighted by Crippen LogP contribution is 2.40. The summed E-state index contributed by atoms with van der Waals surface area (Å²) in [6.45, 7) is 1.90. The molecule has 2 aromatic carbocycles. The number of hydrogen-bond acceptors (Lipinski definition) is 6. The molecule has 1 amide bonds. The molecule has 0 spiro atoms. The number of amides is 1. The maximum absolute atomic E-state index is 12.9. The molecule has 1 aromatic heterocycles. The lowest BCUT2D eigenvalue weighted by Gasteiger charge is -2.24. The van der Waals surface area contributed by atoms with Crippen molar-refractivity contribution in [3.8, 4) is 0 Å². The van der Waals surface area contributed by atoms with Gasteiger partial charge < -0.3 is 14.4 Å². The Morgan fingerprint density at radius 1 is 1.10 bits per heavy atom. The van der Waals surface area contributed by atoms with E-state index in [9.17, 15) is 24.8 Å². The number of aliphatic hydroxyl groups is 1. The maximum Gasteiger partial charge on any atom is 0.296 e. The van der Waals surface area contributed by atoms with Gasteiger partial charge in [-0.15, -0.1) is 0 Å². The van der Waals surface area contributed by atoms with Crippen LogP contribution in [0.2, 0.25) is 0 Å². The first kappa shape index (κ1) is 20.1. The smallest absolute Gasteiger partial charge is 0.296 e. The Labute approximate surface area is 177 Å². The summed E-state index contributed by atoms with van der Waals surface area (Å²) in [7, 11) is 0. The fourth-order valence-corrected chi connectivity index (χ4v) is 3.61. The summed E-state index contributed by atoms with van der Waals surface area (Å²) >= 11 is 0. The lowest BCUT2D eigenvalue weighted by Crippen LogP contribution is -2.29. The zero-order valence-electron chi connectivity index (χ0n) is 16.5. The van der Waals surface area contributed by atoms with Crippen molar-refractivity contribution in [2.45, 2.75) is 19.5 Å². The molecule has 1 fully saturated rings. The average Bonchev–Trinajstić information content (AvgIpc) is 3.36. The van der Waals surface area contributed by atoms with E-state index in [0.29, 0.717) is 16.9 Å². The van der Waals surface area contributed by atoms with E-state index in [1.807, 2.05) is 6.92 Å². The molecule has 156 valence electrons. The Morgan fingerprint density at radius 2 is 1.77 bits per heavy atom. The summed E-state index contributed by atoms with van der Waals surface area (Å²) in [6.07, 6.45) is 1.46. The molecule has 0 aliphatic carbocycles. The Kier molecular flexibility index (Phi) is 5.12. The standard InChI is InChI=1S/C23H18N2O6/c1-14-4-6-16(7-5-14)21(26)19-20(15-8-10-17(11-9-15)25(29)30)24(23(28)22(19)27)13-18-3-2-12-31-18/h2-12,20,26H,13H2,1H3. The number of Topliss-reactive ketones (excluding diaryl/α,β-unsaturated/α-hetero) is 1. The number of non-ortho nitro benzene ring substituents is 1. The number of nitro benzene ring substituents is 1. The number of benzene rings is 2. The molecule has 1 atom stereocenters. The number of carbonyl (C=O) groups is 2. The zero-order valence-corrected chi connectivity index (χ0v) is 16.5. The molecule has 0 radical (unpaired) electrons. The van der Waals surface area contributed by atoms with E-state index in [4.69, 9.17) is 4.42 Å². The van der Waals surface area contributed by atoms with Crippen molar-refractivity contribution >= 4 is 23.1 Å². The van der Waals surface area contributed by atoms with Gasteiger partial charge in [-0.2, -0.15) is 0 Å². The van der Waals surface area contributed by atoms with Crippen LogP contribution in [-0.2, 0) is 16.1 Å². The molecule has 8 heteroatoms. The van der Waals surface area contributed by atoms with Crippen LogP contribution >= 0.6 is 0 Å². The fraction of sp³-hybridized carbons (Fsp3) is 0.130. The molecule has 8 nitrogen and oxygen atoms in total. The highest BCUT2D eigenvalue weighted by Gasteiger charge is 2.46. The monoisotopic (exact) mass is 418 g/mol. The summed E-state index contributed by atoms with van der Waals surface area (Å²) in [5.74, 6) is -1.45. The van der Waals surface area contributed by atoms with E-state index in [1.54, 1.807) is 36.4 Å². The third-order valence-corrected chi connectivity index (χ3v) is 5.19. The third kappa shape index (κ3) is 3.71. The molecule has 2 heterocycles. The zero-order chi connectivity index (χ0) is 22.1. The van der Waals surface area contributed by atoms with Crippen molar-refractivity contribution in [3.63, 3.8) is 0 Å². The van der Waals surface area contributed by atoms with Gasteiger partial charge in [-0.25, -0.2) is 0 Å². The maximum atomic E-state index is 12.9. The van der Waals surface area contributed by atoms with Gasteiger partial charge in [0.15, 0.2) is 0 Å². The minimum Gasteiger partial charge on any atom is -0.507 e.